The predicted molar refractivity (Wildman–Crippen MR) is 268 cm³/mol. The van der Waals surface area contributed by atoms with E-state index in [-0.39, 0.29) is 48.6 Å². The maximum absolute atomic E-state index is 13.3. The van der Waals surface area contributed by atoms with E-state index in [9.17, 15) is 33.6 Å². The van der Waals surface area contributed by atoms with Crippen molar-refractivity contribution < 1.29 is 48.1 Å². The molecule has 0 bridgehead atoms. The molecule has 20 heteroatoms. The molecule has 0 unspecified atom stereocenters. The van der Waals surface area contributed by atoms with Crippen molar-refractivity contribution in [3.63, 3.8) is 0 Å². The lowest BCUT2D eigenvalue weighted by Gasteiger charge is -2.32. The Balaban J connectivity index is 0.863. The second kappa shape index (κ2) is 22.3. The van der Waals surface area contributed by atoms with Crippen LogP contribution in [0.2, 0.25) is 0 Å². The van der Waals surface area contributed by atoms with Gasteiger partial charge in [-0.2, -0.15) is 0 Å². The number of fused-ring (bicyclic) bond motifs is 2. The number of carbonyl (C=O) groups excluding carboxylic acids is 6. The number of nitrogens with zero attached hydrogens (tertiary/aromatic N) is 4. The van der Waals surface area contributed by atoms with Crippen molar-refractivity contribution in [3.8, 4) is 22.6 Å². The van der Waals surface area contributed by atoms with Crippen LogP contribution >= 0.6 is 0 Å². The van der Waals surface area contributed by atoms with Gasteiger partial charge in [-0.05, 0) is 98.7 Å². The number of anilines is 4. The van der Waals surface area contributed by atoms with Crippen LogP contribution in [0.1, 0.15) is 84.2 Å². The van der Waals surface area contributed by atoms with Crippen molar-refractivity contribution in [1.82, 2.24) is 24.7 Å². The zero-order valence-corrected chi connectivity index (χ0v) is 40.3. The average Bonchev–Trinajstić information content (AvgIpc) is 3.88. The molecule has 20 nitrogen and oxygen atoms in total. The Morgan fingerprint density at radius 2 is 1.37 bits per heavy atom. The van der Waals surface area contributed by atoms with Crippen molar-refractivity contribution >= 4 is 76.2 Å². The molecule has 0 aliphatic carbocycles. The van der Waals surface area contributed by atoms with E-state index in [1.54, 1.807) is 104 Å². The van der Waals surface area contributed by atoms with E-state index in [0.29, 0.717) is 69.9 Å². The van der Waals surface area contributed by atoms with E-state index in [1.807, 2.05) is 29.4 Å². The summed E-state index contributed by atoms with van der Waals surface area (Å²) in [4.78, 5) is 95.8. The van der Waals surface area contributed by atoms with Gasteiger partial charge in [-0.1, -0.05) is 26.0 Å². The summed E-state index contributed by atoms with van der Waals surface area (Å²) in [6.07, 6.45) is 7.38. The first-order valence-corrected chi connectivity index (χ1v) is 23.2. The van der Waals surface area contributed by atoms with Gasteiger partial charge in [0, 0.05) is 74.4 Å². The zero-order chi connectivity index (χ0) is 50.9. The first-order chi connectivity index (χ1) is 34.0. The molecule has 1 fully saturated rings. The van der Waals surface area contributed by atoms with Gasteiger partial charge < -0.3 is 60.5 Å². The molecule has 3 atom stereocenters. The van der Waals surface area contributed by atoms with Crippen molar-refractivity contribution in [2.45, 2.75) is 71.0 Å². The van der Waals surface area contributed by atoms with Crippen molar-refractivity contribution in [1.29, 1.82) is 0 Å². The molecule has 1 saturated heterocycles. The highest BCUT2D eigenvalue weighted by Crippen LogP contribution is 2.38. The molecule has 71 heavy (non-hydrogen) atoms. The first-order valence-electron chi connectivity index (χ1n) is 23.2. The molecule has 7 rings (SSSR count). The molecular weight excluding hydrogens is 913 g/mol. The van der Waals surface area contributed by atoms with Crippen LogP contribution in [0, 0.1) is 5.92 Å². The summed E-state index contributed by atoms with van der Waals surface area (Å²) in [5.74, 6) is -1.72. The number of nitrogens with one attached hydrogen (secondary N) is 6. The van der Waals surface area contributed by atoms with Crippen molar-refractivity contribution in [2.75, 3.05) is 41.5 Å². The third kappa shape index (κ3) is 12.4. The lowest BCUT2D eigenvalue weighted by atomic mass is 10.0. The third-order valence-corrected chi connectivity index (χ3v) is 12.1. The minimum atomic E-state index is -1.35. The number of aromatic nitrogens is 2. The highest BCUT2D eigenvalue weighted by molar-refractivity contribution is 6.06. The van der Waals surface area contributed by atoms with E-state index in [4.69, 9.17) is 14.6 Å². The Bertz CT molecular complexity index is 2850. The van der Waals surface area contributed by atoms with E-state index in [0.717, 1.165) is 30.4 Å². The quantitative estimate of drug-likeness (QED) is 0.0453. The number of hydrogen-bond acceptors (Lipinski definition) is 10. The van der Waals surface area contributed by atoms with Crippen LogP contribution in [-0.4, -0.2) is 105 Å². The van der Waals surface area contributed by atoms with Gasteiger partial charge in [0.1, 0.15) is 23.5 Å². The van der Waals surface area contributed by atoms with Gasteiger partial charge in [0.15, 0.2) is 11.5 Å². The number of aryl methyl sites for hydroxylation is 2. The number of piperidine rings is 1. The number of carboxylic acid groups (broad SMARTS) is 1. The first kappa shape index (κ1) is 50.5. The highest BCUT2D eigenvalue weighted by Gasteiger charge is 2.32. The molecule has 0 saturated carbocycles. The van der Waals surface area contributed by atoms with Gasteiger partial charge >= 0.3 is 6.09 Å². The predicted octanol–water partition coefficient (Wildman–Crippen LogP) is 6.79. The number of rotatable bonds is 18. The monoisotopic (exact) mass is 970 g/mol. The van der Waals surface area contributed by atoms with Crippen LogP contribution in [-0.2, 0) is 28.5 Å². The number of ether oxygens (including phenoxy) is 2. The molecule has 4 heterocycles. The Hall–Kier alpha value is -8.42. The Labute approximate surface area is 410 Å². The summed E-state index contributed by atoms with van der Waals surface area (Å²) < 4.78 is 14.9. The molecule has 5 aromatic rings. The van der Waals surface area contributed by atoms with Gasteiger partial charge in [0.2, 0.25) is 17.7 Å². The zero-order valence-electron chi connectivity index (χ0n) is 40.3. The average molecular weight is 971 g/mol. The van der Waals surface area contributed by atoms with E-state index in [2.05, 4.69) is 36.9 Å². The number of carbonyl (C=O) groups is 7. The second-order valence-corrected chi connectivity index (χ2v) is 17.8. The van der Waals surface area contributed by atoms with Crippen LogP contribution in [0.25, 0.3) is 11.1 Å². The maximum Gasteiger partial charge on any atom is 0.405 e. The van der Waals surface area contributed by atoms with Gasteiger partial charge in [0.05, 0.1) is 36.7 Å². The van der Waals surface area contributed by atoms with Crippen LogP contribution in [0.5, 0.6) is 11.5 Å². The number of benzene rings is 3. The molecule has 3 aromatic carbocycles. The Kier molecular flexibility index (Phi) is 15.9. The SMILES string of the molecule is COc1cc2c(cc1OCCCC(=O)Nc1cc(C(=O)Nc3ccc(-c4cc(C(=O)Nc5ccc(NC(=O)[C@H](C)NC(=O)[C@@H](NC(=O)O)C(C)C)cc5)n(C)c4)cc3)n(C)c1)N=C[C@@H]1CCCCN1C2=O. The van der Waals surface area contributed by atoms with Crippen molar-refractivity contribution in [2.24, 2.45) is 25.0 Å². The van der Waals surface area contributed by atoms with E-state index >= 15 is 0 Å². The van der Waals surface area contributed by atoms with Crippen LogP contribution in [0.15, 0.2) is 90.2 Å². The molecular formula is C51H58N10O10. The fourth-order valence-electron chi connectivity index (χ4n) is 8.29. The normalized spacial score (nSPS) is 14.8. The summed E-state index contributed by atoms with van der Waals surface area (Å²) in [7, 11) is 4.97. The highest BCUT2D eigenvalue weighted by atomic mass is 16.5. The summed E-state index contributed by atoms with van der Waals surface area (Å²) in [6, 6.07) is 18.3. The van der Waals surface area contributed by atoms with Crippen LogP contribution < -0.4 is 41.4 Å². The summed E-state index contributed by atoms with van der Waals surface area (Å²) in [5.41, 5.74) is 5.13. The smallest absolute Gasteiger partial charge is 0.405 e. The number of hydrogen-bond donors (Lipinski definition) is 7. The third-order valence-electron chi connectivity index (χ3n) is 12.1. The molecule has 0 spiro atoms. The fraction of sp³-hybridized carbons (Fsp3) is 0.333. The van der Waals surface area contributed by atoms with E-state index in [1.165, 1.54) is 14.0 Å². The van der Waals surface area contributed by atoms with Crippen molar-refractivity contribution in [3.05, 3.63) is 102 Å². The standard InChI is InChI=1S/C51H58N10O10/c1-29(2)45(58-51(68)69)49(66)53-30(3)46(63)55-34-16-18-35(19-17-34)57-47(64)40-22-32(27-59(40)4)31-12-14-33(15-13-31)56-48(65)41-23-36(28-60(41)5)54-44(62)11-9-21-71-43-25-39-38(24-42(43)70-6)50(67)61-20-8-7-10-37(61)26-52-39/h12-19,22-30,37,45,58H,7-11,20-21H2,1-6H3,(H,53,66)(H,54,62)(H,55,63)(H,56,65)(H,57,64)(H,68,69)/t30-,37-,45-/m0/s1. The minimum Gasteiger partial charge on any atom is -0.493 e. The molecule has 372 valence electrons. The largest absolute Gasteiger partial charge is 0.493 e. The fourth-order valence-corrected chi connectivity index (χ4v) is 8.29. The van der Waals surface area contributed by atoms with Crippen LogP contribution in [0.4, 0.5) is 33.2 Å². The van der Waals surface area contributed by atoms with Gasteiger partial charge in [0.25, 0.3) is 17.7 Å². The lowest BCUT2D eigenvalue weighted by Crippen LogP contribution is -2.53. The second-order valence-electron chi connectivity index (χ2n) is 17.8. The van der Waals surface area contributed by atoms with Gasteiger partial charge in [-0.3, -0.25) is 33.8 Å². The topological polar surface area (TPSA) is 256 Å². The summed E-state index contributed by atoms with van der Waals surface area (Å²) >= 11 is 0. The number of aliphatic imine (C=N–C) groups is 1. The molecule has 7 amide bonds. The van der Waals surface area contributed by atoms with Gasteiger partial charge in [-0.15, -0.1) is 0 Å². The van der Waals surface area contributed by atoms with Gasteiger partial charge in [-0.25, -0.2) is 4.79 Å². The number of amides is 7. The van der Waals surface area contributed by atoms with Crippen LogP contribution in [0.3, 0.4) is 0 Å². The minimum absolute atomic E-state index is 0.0265. The molecule has 0 radical (unpaired) electrons. The Morgan fingerprint density at radius 1 is 0.732 bits per heavy atom. The number of methoxy groups -OCH3 is 1. The maximum atomic E-state index is 13.3. The Morgan fingerprint density at radius 3 is 2.01 bits per heavy atom. The van der Waals surface area contributed by atoms with E-state index < -0.39 is 30.0 Å². The molecule has 7 N–H and O–H groups in total. The molecule has 2 aliphatic heterocycles. The lowest BCUT2D eigenvalue weighted by molar-refractivity contribution is -0.128. The molecule has 2 aliphatic rings. The summed E-state index contributed by atoms with van der Waals surface area (Å²) in [5, 5.41) is 25.0. The molecule has 2 aromatic heterocycles. The summed E-state index contributed by atoms with van der Waals surface area (Å²) in [6.45, 7) is 5.75.